The first-order chi connectivity index (χ1) is 9.72. The van der Waals surface area contributed by atoms with Crippen LogP contribution < -0.4 is 5.32 Å². The third-order valence-electron chi connectivity index (χ3n) is 4.48. The van der Waals surface area contributed by atoms with E-state index in [4.69, 9.17) is 0 Å². The molecule has 2 aromatic rings. The Morgan fingerprint density at radius 1 is 1.25 bits per heavy atom. The van der Waals surface area contributed by atoms with Gasteiger partial charge in [0.25, 0.3) is 0 Å². The van der Waals surface area contributed by atoms with E-state index < -0.39 is 0 Å². The number of hydrogen-bond acceptors (Lipinski definition) is 2. The van der Waals surface area contributed by atoms with Gasteiger partial charge < -0.3 is 5.32 Å². The summed E-state index contributed by atoms with van der Waals surface area (Å²) < 4.78 is 0. The Bertz CT molecular complexity index is 599. The maximum absolute atomic E-state index is 4.61. The molecule has 0 unspecified atom stereocenters. The predicted molar refractivity (Wildman–Crippen MR) is 84.8 cm³/mol. The first-order valence-corrected chi connectivity index (χ1v) is 7.78. The van der Waals surface area contributed by atoms with Crippen molar-refractivity contribution in [3.63, 3.8) is 0 Å². The molecular weight excluding hydrogens is 244 g/mol. The van der Waals surface area contributed by atoms with E-state index in [1.165, 1.54) is 36.6 Å². The average Bonchev–Trinajstić information content (AvgIpc) is 3.19. The monoisotopic (exact) mass is 268 g/mol. The second-order valence-electron chi connectivity index (χ2n) is 6.29. The van der Waals surface area contributed by atoms with Gasteiger partial charge in [0.1, 0.15) is 0 Å². The molecule has 20 heavy (non-hydrogen) atoms. The number of nitrogens with one attached hydrogen (secondary N) is 1. The first kappa shape index (κ1) is 13.6. The number of pyridine rings is 1. The van der Waals surface area contributed by atoms with Gasteiger partial charge in [-0.3, -0.25) is 4.98 Å². The van der Waals surface area contributed by atoms with E-state index >= 15 is 0 Å². The lowest BCUT2D eigenvalue weighted by atomic mass is 10.0. The zero-order valence-electron chi connectivity index (χ0n) is 12.6. The highest BCUT2D eigenvalue weighted by Gasteiger charge is 2.40. The van der Waals surface area contributed by atoms with Crippen molar-refractivity contribution in [2.45, 2.75) is 46.1 Å². The molecule has 0 atom stereocenters. The van der Waals surface area contributed by atoms with Gasteiger partial charge in [0.2, 0.25) is 0 Å². The van der Waals surface area contributed by atoms with Crippen molar-refractivity contribution in [2.24, 2.45) is 5.41 Å². The Morgan fingerprint density at radius 2 is 2.05 bits per heavy atom. The lowest BCUT2D eigenvalue weighted by Crippen LogP contribution is -2.23. The molecule has 3 rings (SSSR count). The summed E-state index contributed by atoms with van der Waals surface area (Å²) in [5.74, 6) is 0. The van der Waals surface area contributed by atoms with Gasteiger partial charge >= 0.3 is 0 Å². The van der Waals surface area contributed by atoms with Crippen LogP contribution in [0.3, 0.4) is 0 Å². The van der Waals surface area contributed by atoms with Crippen molar-refractivity contribution in [3.8, 4) is 0 Å². The number of benzene rings is 1. The van der Waals surface area contributed by atoms with Gasteiger partial charge in [-0.05, 0) is 49.3 Å². The summed E-state index contributed by atoms with van der Waals surface area (Å²) in [4.78, 5) is 4.61. The van der Waals surface area contributed by atoms with Crippen molar-refractivity contribution in [3.05, 3.63) is 41.6 Å². The molecule has 0 saturated heterocycles. The highest BCUT2D eigenvalue weighted by Crippen LogP contribution is 2.48. The minimum absolute atomic E-state index is 0.618. The molecule has 0 spiro atoms. The van der Waals surface area contributed by atoms with Crippen LogP contribution in [0.5, 0.6) is 0 Å². The van der Waals surface area contributed by atoms with Gasteiger partial charge in [0.05, 0.1) is 5.52 Å². The molecule has 0 bridgehead atoms. The van der Waals surface area contributed by atoms with Crippen LogP contribution in [0, 0.1) is 12.3 Å². The van der Waals surface area contributed by atoms with Gasteiger partial charge in [0, 0.05) is 24.2 Å². The molecule has 1 aliphatic rings. The number of rotatable bonds is 6. The normalized spacial score (nSPS) is 16.5. The largest absolute Gasteiger partial charge is 0.312 e. The van der Waals surface area contributed by atoms with E-state index in [0.29, 0.717) is 5.41 Å². The van der Waals surface area contributed by atoms with Gasteiger partial charge in [0.15, 0.2) is 0 Å². The number of nitrogens with zero attached hydrogens (tertiary/aromatic N) is 1. The van der Waals surface area contributed by atoms with Crippen LogP contribution in [-0.2, 0) is 6.54 Å². The van der Waals surface area contributed by atoms with E-state index in [1.807, 2.05) is 0 Å². The molecule has 1 saturated carbocycles. The summed E-state index contributed by atoms with van der Waals surface area (Å²) in [7, 11) is 0. The molecular formula is C18H24N2. The van der Waals surface area contributed by atoms with Gasteiger partial charge in [-0.2, -0.15) is 0 Å². The van der Waals surface area contributed by atoms with Crippen molar-refractivity contribution in [2.75, 3.05) is 6.54 Å². The van der Waals surface area contributed by atoms with E-state index in [1.54, 1.807) is 0 Å². The molecule has 0 radical (unpaired) electrons. The molecule has 2 nitrogen and oxygen atoms in total. The van der Waals surface area contributed by atoms with Gasteiger partial charge in [-0.1, -0.05) is 31.5 Å². The molecule has 0 amide bonds. The molecule has 106 valence electrons. The quantitative estimate of drug-likeness (QED) is 0.848. The molecule has 1 aromatic carbocycles. The third-order valence-corrected chi connectivity index (χ3v) is 4.48. The molecule has 1 N–H and O–H groups in total. The fourth-order valence-electron chi connectivity index (χ4n) is 3.23. The summed E-state index contributed by atoms with van der Waals surface area (Å²) in [5, 5.41) is 4.96. The Hall–Kier alpha value is -1.41. The van der Waals surface area contributed by atoms with Crippen LogP contribution in [0.1, 0.15) is 43.9 Å². The second-order valence-corrected chi connectivity index (χ2v) is 6.29. The third kappa shape index (κ3) is 2.85. The molecule has 1 heterocycles. The predicted octanol–water partition coefficient (Wildman–Crippen LogP) is 4.21. The first-order valence-electron chi connectivity index (χ1n) is 7.78. The number of hydrogen-bond donors (Lipinski definition) is 1. The summed E-state index contributed by atoms with van der Waals surface area (Å²) in [6.07, 6.45) is 5.49. The van der Waals surface area contributed by atoms with Crippen molar-refractivity contribution >= 4 is 10.9 Å². The molecule has 1 aromatic heterocycles. The standard InChI is InChI=1S/C18H24N2/c1-3-8-18(9-10-18)13-19-12-15-11-14(2)20-17-7-5-4-6-16(15)17/h4-7,11,19H,3,8-10,12-13H2,1-2H3. The van der Waals surface area contributed by atoms with Crippen molar-refractivity contribution in [1.82, 2.24) is 10.3 Å². The minimum Gasteiger partial charge on any atom is -0.312 e. The topological polar surface area (TPSA) is 24.9 Å². The zero-order valence-corrected chi connectivity index (χ0v) is 12.6. The van der Waals surface area contributed by atoms with Crippen LogP contribution in [0.2, 0.25) is 0 Å². The lowest BCUT2D eigenvalue weighted by molar-refractivity contribution is 0.421. The summed E-state index contributed by atoms with van der Waals surface area (Å²) >= 11 is 0. The van der Waals surface area contributed by atoms with Crippen LogP contribution in [-0.4, -0.2) is 11.5 Å². The Kier molecular flexibility index (Phi) is 3.75. The van der Waals surface area contributed by atoms with Crippen LogP contribution >= 0.6 is 0 Å². The maximum Gasteiger partial charge on any atom is 0.0708 e. The maximum atomic E-state index is 4.61. The Balaban J connectivity index is 1.71. The van der Waals surface area contributed by atoms with Crippen LogP contribution in [0.4, 0.5) is 0 Å². The van der Waals surface area contributed by atoms with Crippen molar-refractivity contribution < 1.29 is 0 Å². The molecule has 2 heteroatoms. The summed E-state index contributed by atoms with van der Waals surface area (Å²) in [6, 6.07) is 10.7. The fraction of sp³-hybridized carbons (Fsp3) is 0.500. The van der Waals surface area contributed by atoms with Crippen molar-refractivity contribution in [1.29, 1.82) is 0 Å². The summed E-state index contributed by atoms with van der Waals surface area (Å²) in [5.41, 5.74) is 4.21. The second kappa shape index (κ2) is 5.53. The molecule has 1 fully saturated rings. The van der Waals surface area contributed by atoms with Crippen LogP contribution in [0.25, 0.3) is 10.9 Å². The summed E-state index contributed by atoms with van der Waals surface area (Å²) in [6.45, 7) is 6.49. The van der Waals surface area contributed by atoms with Gasteiger partial charge in [-0.25, -0.2) is 0 Å². The highest BCUT2D eigenvalue weighted by atomic mass is 14.9. The number of aryl methyl sites for hydroxylation is 1. The number of aromatic nitrogens is 1. The van der Waals surface area contributed by atoms with Crippen LogP contribution in [0.15, 0.2) is 30.3 Å². The van der Waals surface area contributed by atoms with E-state index in [9.17, 15) is 0 Å². The fourth-order valence-corrected chi connectivity index (χ4v) is 3.23. The number of para-hydroxylation sites is 1. The lowest BCUT2D eigenvalue weighted by Gasteiger charge is -2.16. The van der Waals surface area contributed by atoms with Gasteiger partial charge in [-0.15, -0.1) is 0 Å². The van der Waals surface area contributed by atoms with E-state index in [2.05, 4.69) is 54.5 Å². The average molecular weight is 268 g/mol. The van der Waals surface area contributed by atoms with E-state index in [-0.39, 0.29) is 0 Å². The smallest absolute Gasteiger partial charge is 0.0708 e. The Morgan fingerprint density at radius 3 is 2.80 bits per heavy atom. The highest BCUT2D eigenvalue weighted by molar-refractivity contribution is 5.82. The molecule has 0 aliphatic heterocycles. The minimum atomic E-state index is 0.618. The van der Waals surface area contributed by atoms with E-state index in [0.717, 1.165) is 24.3 Å². The molecule has 1 aliphatic carbocycles. The SMILES string of the molecule is CCCC1(CNCc2cc(C)nc3ccccc23)CC1. The Labute approximate surface area is 121 Å². The number of fused-ring (bicyclic) bond motifs is 1. The zero-order chi connectivity index (χ0) is 14.0.